The molecule has 1 fully saturated rings. The van der Waals surface area contributed by atoms with Crippen LogP contribution < -0.4 is 5.32 Å². The number of carbonyl (C=O) groups is 2. The second-order valence-electron chi connectivity index (χ2n) is 4.75. The third kappa shape index (κ3) is 3.47. The molecule has 0 saturated carbocycles. The Bertz CT molecular complexity index is 482. The summed E-state index contributed by atoms with van der Waals surface area (Å²) in [6, 6.07) is 7.18. The fraction of sp³-hybridized carbons (Fsp3) is 0.429. The second kappa shape index (κ2) is 6.06. The first kappa shape index (κ1) is 13.9. The second-order valence-corrected chi connectivity index (χ2v) is 5.16. The zero-order chi connectivity index (χ0) is 13.8. The third-order valence-corrected chi connectivity index (χ3v) is 3.77. The Hall–Kier alpha value is -1.55. The first-order valence-electron chi connectivity index (χ1n) is 6.39. The van der Waals surface area contributed by atoms with Crippen LogP contribution in [0.4, 0.5) is 5.69 Å². The molecule has 2 amide bonds. The Balaban J connectivity index is 1.92. The van der Waals surface area contributed by atoms with Crippen molar-refractivity contribution in [2.24, 2.45) is 5.92 Å². The maximum Gasteiger partial charge on any atom is 0.227 e. The molecular weight excluding hydrogens is 264 g/mol. The number of likely N-dealkylation sites (tertiary alicyclic amines) is 1. The van der Waals surface area contributed by atoms with E-state index < -0.39 is 0 Å². The number of nitrogens with one attached hydrogen (secondary N) is 1. The molecule has 1 heterocycles. The van der Waals surface area contributed by atoms with E-state index in [4.69, 9.17) is 11.6 Å². The van der Waals surface area contributed by atoms with Gasteiger partial charge in [-0.15, -0.1) is 0 Å². The number of piperidine rings is 1. The van der Waals surface area contributed by atoms with Crippen molar-refractivity contribution in [1.29, 1.82) is 0 Å². The van der Waals surface area contributed by atoms with Gasteiger partial charge >= 0.3 is 0 Å². The van der Waals surface area contributed by atoms with Gasteiger partial charge in [-0.3, -0.25) is 9.59 Å². The molecule has 1 aliphatic heterocycles. The monoisotopic (exact) mass is 280 g/mol. The number of anilines is 1. The first-order chi connectivity index (χ1) is 9.08. The third-order valence-electron chi connectivity index (χ3n) is 3.44. The molecule has 0 bridgehead atoms. The van der Waals surface area contributed by atoms with Crippen LogP contribution in [0.1, 0.15) is 19.8 Å². The van der Waals surface area contributed by atoms with E-state index in [-0.39, 0.29) is 17.7 Å². The van der Waals surface area contributed by atoms with E-state index in [0.29, 0.717) is 36.6 Å². The fourth-order valence-electron chi connectivity index (χ4n) is 2.25. The molecule has 1 aromatic carbocycles. The molecule has 0 aromatic heterocycles. The number of amides is 2. The highest BCUT2D eigenvalue weighted by molar-refractivity contribution is 6.33. The summed E-state index contributed by atoms with van der Waals surface area (Å²) in [5.74, 6) is 0.00753. The van der Waals surface area contributed by atoms with Crippen LogP contribution in [0.25, 0.3) is 0 Å². The minimum atomic E-state index is -0.0492. The van der Waals surface area contributed by atoms with Crippen molar-refractivity contribution in [1.82, 2.24) is 4.90 Å². The van der Waals surface area contributed by atoms with E-state index in [2.05, 4.69) is 5.32 Å². The number of carbonyl (C=O) groups excluding carboxylic acids is 2. The molecule has 1 aliphatic rings. The van der Waals surface area contributed by atoms with E-state index in [0.717, 1.165) is 0 Å². The summed E-state index contributed by atoms with van der Waals surface area (Å²) in [6.07, 6.45) is 1.41. The van der Waals surface area contributed by atoms with Gasteiger partial charge in [0, 0.05) is 25.9 Å². The molecule has 0 unspecified atom stereocenters. The molecule has 1 saturated heterocycles. The maximum absolute atomic E-state index is 12.1. The molecule has 4 nitrogen and oxygen atoms in total. The van der Waals surface area contributed by atoms with Crippen molar-refractivity contribution < 1.29 is 9.59 Å². The molecule has 2 rings (SSSR count). The van der Waals surface area contributed by atoms with Crippen molar-refractivity contribution in [2.75, 3.05) is 18.4 Å². The van der Waals surface area contributed by atoms with Crippen molar-refractivity contribution >= 4 is 29.1 Å². The van der Waals surface area contributed by atoms with Crippen molar-refractivity contribution in [2.45, 2.75) is 19.8 Å². The molecule has 0 spiro atoms. The largest absolute Gasteiger partial charge is 0.343 e. The van der Waals surface area contributed by atoms with Crippen LogP contribution in [0, 0.1) is 5.92 Å². The van der Waals surface area contributed by atoms with Crippen molar-refractivity contribution in [3.05, 3.63) is 29.3 Å². The Labute approximate surface area is 117 Å². The molecule has 0 aliphatic carbocycles. The highest BCUT2D eigenvalue weighted by Gasteiger charge is 2.26. The highest BCUT2D eigenvalue weighted by Crippen LogP contribution is 2.23. The van der Waals surface area contributed by atoms with Gasteiger partial charge in [-0.05, 0) is 25.0 Å². The lowest BCUT2D eigenvalue weighted by Gasteiger charge is -2.30. The summed E-state index contributed by atoms with van der Waals surface area (Å²) in [5, 5.41) is 3.39. The molecule has 1 N–H and O–H groups in total. The Morgan fingerprint density at radius 3 is 2.47 bits per heavy atom. The molecule has 19 heavy (non-hydrogen) atoms. The van der Waals surface area contributed by atoms with Gasteiger partial charge in [-0.25, -0.2) is 0 Å². The van der Waals surface area contributed by atoms with Gasteiger partial charge in [0.2, 0.25) is 11.8 Å². The summed E-state index contributed by atoms with van der Waals surface area (Å²) in [7, 11) is 0. The number of hydrogen-bond donors (Lipinski definition) is 1. The number of halogens is 1. The molecule has 102 valence electrons. The van der Waals surface area contributed by atoms with Crippen LogP contribution in [0.5, 0.6) is 0 Å². The number of benzene rings is 1. The lowest BCUT2D eigenvalue weighted by molar-refractivity contribution is -0.132. The van der Waals surface area contributed by atoms with Crippen LogP contribution in [-0.2, 0) is 9.59 Å². The normalized spacial score (nSPS) is 16.2. The van der Waals surface area contributed by atoms with Crippen LogP contribution in [-0.4, -0.2) is 29.8 Å². The molecule has 0 atom stereocenters. The van der Waals surface area contributed by atoms with Gasteiger partial charge in [0.15, 0.2) is 0 Å². The number of nitrogens with zero attached hydrogens (tertiary/aromatic N) is 1. The summed E-state index contributed by atoms with van der Waals surface area (Å²) in [4.78, 5) is 25.1. The van der Waals surface area contributed by atoms with E-state index in [1.54, 1.807) is 24.0 Å². The zero-order valence-electron chi connectivity index (χ0n) is 10.9. The van der Waals surface area contributed by atoms with Crippen molar-refractivity contribution in [3.63, 3.8) is 0 Å². The van der Waals surface area contributed by atoms with Gasteiger partial charge in [-0.1, -0.05) is 23.7 Å². The van der Waals surface area contributed by atoms with Gasteiger partial charge in [0.25, 0.3) is 0 Å². The predicted molar refractivity (Wildman–Crippen MR) is 75.1 cm³/mol. The van der Waals surface area contributed by atoms with Gasteiger partial charge in [0.1, 0.15) is 0 Å². The van der Waals surface area contributed by atoms with Gasteiger partial charge in [-0.2, -0.15) is 0 Å². The molecule has 1 aromatic rings. The van der Waals surface area contributed by atoms with Crippen LogP contribution in [0.2, 0.25) is 5.02 Å². The summed E-state index contributed by atoms with van der Waals surface area (Å²) in [6.45, 7) is 2.86. The number of para-hydroxylation sites is 1. The number of hydrogen-bond acceptors (Lipinski definition) is 2. The summed E-state index contributed by atoms with van der Waals surface area (Å²) >= 11 is 6.00. The summed E-state index contributed by atoms with van der Waals surface area (Å²) < 4.78 is 0. The topological polar surface area (TPSA) is 49.4 Å². The highest BCUT2D eigenvalue weighted by atomic mass is 35.5. The van der Waals surface area contributed by atoms with Gasteiger partial charge in [0.05, 0.1) is 10.7 Å². The van der Waals surface area contributed by atoms with Crippen molar-refractivity contribution in [3.8, 4) is 0 Å². The average Bonchev–Trinajstić information content (AvgIpc) is 2.41. The first-order valence-corrected chi connectivity index (χ1v) is 6.76. The van der Waals surface area contributed by atoms with Crippen LogP contribution in [0.3, 0.4) is 0 Å². The minimum absolute atomic E-state index is 0.0173. The minimum Gasteiger partial charge on any atom is -0.343 e. The SMILES string of the molecule is CC(=O)N1CCC(C(=O)Nc2ccccc2Cl)CC1. The lowest BCUT2D eigenvalue weighted by Crippen LogP contribution is -2.40. The van der Waals surface area contributed by atoms with Gasteiger partial charge < -0.3 is 10.2 Å². The standard InChI is InChI=1S/C14H17ClN2O2/c1-10(18)17-8-6-11(7-9-17)14(19)16-13-5-3-2-4-12(13)15/h2-5,11H,6-9H2,1H3,(H,16,19). The maximum atomic E-state index is 12.1. The Morgan fingerprint density at radius 1 is 1.26 bits per heavy atom. The van der Waals surface area contributed by atoms with E-state index in [1.165, 1.54) is 0 Å². The molecule has 0 radical (unpaired) electrons. The Morgan fingerprint density at radius 2 is 1.89 bits per heavy atom. The Kier molecular flexibility index (Phi) is 4.43. The quantitative estimate of drug-likeness (QED) is 0.905. The van der Waals surface area contributed by atoms with E-state index in [1.807, 2.05) is 12.1 Å². The smallest absolute Gasteiger partial charge is 0.227 e. The van der Waals surface area contributed by atoms with Crippen LogP contribution >= 0.6 is 11.6 Å². The zero-order valence-corrected chi connectivity index (χ0v) is 11.6. The average molecular weight is 281 g/mol. The fourth-order valence-corrected chi connectivity index (χ4v) is 2.44. The molecular formula is C14H17ClN2O2. The van der Waals surface area contributed by atoms with Crippen LogP contribution in [0.15, 0.2) is 24.3 Å². The predicted octanol–water partition coefficient (Wildman–Crippen LogP) is 2.54. The van der Waals surface area contributed by atoms with E-state index in [9.17, 15) is 9.59 Å². The number of rotatable bonds is 2. The summed E-state index contributed by atoms with van der Waals surface area (Å²) in [5.41, 5.74) is 0.642. The molecule has 5 heteroatoms. The lowest BCUT2D eigenvalue weighted by atomic mass is 9.96. The van der Waals surface area contributed by atoms with E-state index >= 15 is 0 Å².